The van der Waals surface area contributed by atoms with Gasteiger partial charge in [-0.1, -0.05) is 12.1 Å². The molecule has 1 aromatic rings. The topological polar surface area (TPSA) is 84.9 Å². The largest absolute Gasteiger partial charge is 0.481 e. The third-order valence-electron chi connectivity index (χ3n) is 3.77. The maximum atomic E-state index is 12.1. The molecule has 1 aromatic carbocycles. The molecule has 2 N–H and O–H groups in total. The molecule has 0 aromatic heterocycles. The van der Waals surface area contributed by atoms with Crippen LogP contribution in [0, 0.1) is 0 Å². The normalized spacial score (nSPS) is 18.6. The molecule has 0 bridgehead atoms. The van der Waals surface area contributed by atoms with Crippen LogP contribution < -0.4 is 5.32 Å². The van der Waals surface area contributed by atoms with E-state index in [1.54, 1.807) is 19.1 Å². The van der Waals surface area contributed by atoms with E-state index < -0.39 is 12.1 Å². The van der Waals surface area contributed by atoms with Crippen LogP contribution in [-0.4, -0.2) is 42.4 Å². The summed E-state index contributed by atoms with van der Waals surface area (Å²) >= 11 is 0. The molecule has 6 nitrogen and oxygen atoms in total. The van der Waals surface area contributed by atoms with Gasteiger partial charge in [-0.25, -0.2) is 0 Å². The van der Waals surface area contributed by atoms with E-state index >= 15 is 0 Å². The molecule has 23 heavy (non-hydrogen) atoms. The van der Waals surface area contributed by atoms with Crippen LogP contribution in [-0.2, 0) is 25.5 Å². The Bertz CT molecular complexity index is 522. The van der Waals surface area contributed by atoms with Crippen molar-refractivity contribution >= 4 is 17.6 Å². The molecule has 0 radical (unpaired) electrons. The van der Waals surface area contributed by atoms with Crippen molar-refractivity contribution in [1.29, 1.82) is 0 Å². The van der Waals surface area contributed by atoms with E-state index in [1.807, 2.05) is 12.1 Å². The molecule has 2 atom stereocenters. The van der Waals surface area contributed by atoms with Crippen LogP contribution >= 0.6 is 0 Å². The van der Waals surface area contributed by atoms with Gasteiger partial charge in [-0.15, -0.1) is 0 Å². The summed E-state index contributed by atoms with van der Waals surface area (Å²) in [5, 5.41) is 11.4. The average Bonchev–Trinajstić information content (AvgIpc) is 3.05. The lowest BCUT2D eigenvalue weighted by atomic mass is 10.1. The predicted molar refractivity (Wildman–Crippen MR) is 85.4 cm³/mol. The van der Waals surface area contributed by atoms with Crippen molar-refractivity contribution < 1.29 is 24.2 Å². The van der Waals surface area contributed by atoms with Crippen LogP contribution in [0.2, 0.25) is 0 Å². The van der Waals surface area contributed by atoms with Gasteiger partial charge in [-0.05, 0) is 43.9 Å². The number of anilines is 1. The van der Waals surface area contributed by atoms with Gasteiger partial charge in [0.2, 0.25) is 0 Å². The highest BCUT2D eigenvalue weighted by Crippen LogP contribution is 2.14. The van der Waals surface area contributed by atoms with E-state index in [1.165, 1.54) is 0 Å². The monoisotopic (exact) mass is 321 g/mol. The van der Waals surface area contributed by atoms with E-state index in [-0.39, 0.29) is 18.4 Å². The van der Waals surface area contributed by atoms with Gasteiger partial charge in [0.15, 0.2) is 0 Å². The summed E-state index contributed by atoms with van der Waals surface area (Å²) in [5.41, 5.74) is 1.59. The number of ether oxygens (including phenoxy) is 2. The lowest BCUT2D eigenvalue weighted by molar-refractivity contribution is -0.137. The first-order valence-corrected chi connectivity index (χ1v) is 7.89. The van der Waals surface area contributed by atoms with Gasteiger partial charge in [-0.2, -0.15) is 0 Å². The number of carbonyl (C=O) groups excluding carboxylic acids is 1. The number of carbonyl (C=O) groups is 2. The summed E-state index contributed by atoms with van der Waals surface area (Å²) in [6, 6.07) is 7.16. The zero-order chi connectivity index (χ0) is 16.7. The van der Waals surface area contributed by atoms with Gasteiger partial charge in [0.25, 0.3) is 5.91 Å². The van der Waals surface area contributed by atoms with Crippen molar-refractivity contribution in [1.82, 2.24) is 0 Å². The molecule has 0 aliphatic carbocycles. The highest BCUT2D eigenvalue weighted by Gasteiger charge is 2.19. The van der Waals surface area contributed by atoms with Crippen LogP contribution in [0.4, 0.5) is 5.69 Å². The van der Waals surface area contributed by atoms with E-state index in [0.29, 0.717) is 18.7 Å². The summed E-state index contributed by atoms with van der Waals surface area (Å²) in [4.78, 5) is 22.6. The quantitative estimate of drug-likeness (QED) is 0.767. The molecule has 1 aliphatic rings. The number of carboxylic acids is 1. The van der Waals surface area contributed by atoms with Gasteiger partial charge >= 0.3 is 5.97 Å². The van der Waals surface area contributed by atoms with Crippen LogP contribution in [0.25, 0.3) is 0 Å². The first kappa shape index (κ1) is 17.4. The van der Waals surface area contributed by atoms with Crippen LogP contribution in [0.3, 0.4) is 0 Å². The summed E-state index contributed by atoms with van der Waals surface area (Å²) in [7, 11) is 0. The van der Waals surface area contributed by atoms with Gasteiger partial charge in [0.1, 0.15) is 6.10 Å². The lowest BCUT2D eigenvalue weighted by Crippen LogP contribution is -2.30. The van der Waals surface area contributed by atoms with Crippen molar-refractivity contribution in [2.75, 3.05) is 18.5 Å². The molecule has 0 spiro atoms. The number of hydrogen-bond acceptors (Lipinski definition) is 4. The predicted octanol–water partition coefficient (Wildman–Crippen LogP) is 2.23. The standard InChI is InChI=1S/C17H23NO5/c1-12(23-11-15-3-2-10-22-15)17(21)18-14-7-4-13(5-8-14)6-9-16(19)20/h4-5,7-8,12,15H,2-3,6,9-11H2,1H3,(H,18,21)(H,19,20). The second kappa shape index (κ2) is 8.64. The second-order valence-corrected chi connectivity index (χ2v) is 5.69. The fourth-order valence-corrected chi connectivity index (χ4v) is 2.35. The fraction of sp³-hybridized carbons (Fsp3) is 0.529. The third-order valence-corrected chi connectivity index (χ3v) is 3.77. The SMILES string of the molecule is CC(OCC1CCCO1)C(=O)Nc1ccc(CCC(=O)O)cc1. The number of amides is 1. The Morgan fingerprint density at radius 1 is 1.39 bits per heavy atom. The molecule has 2 unspecified atom stereocenters. The molecule has 6 heteroatoms. The van der Waals surface area contributed by atoms with Crippen molar-refractivity contribution in [3.8, 4) is 0 Å². The van der Waals surface area contributed by atoms with Crippen molar-refractivity contribution in [3.05, 3.63) is 29.8 Å². The molecule has 1 amide bonds. The van der Waals surface area contributed by atoms with Crippen LogP contribution in [0.5, 0.6) is 0 Å². The number of hydrogen-bond donors (Lipinski definition) is 2. The Balaban J connectivity index is 1.75. The molecule has 2 rings (SSSR count). The highest BCUT2D eigenvalue weighted by atomic mass is 16.5. The summed E-state index contributed by atoms with van der Waals surface area (Å²) in [6.45, 7) is 2.91. The maximum Gasteiger partial charge on any atom is 0.303 e. The first-order valence-electron chi connectivity index (χ1n) is 7.89. The van der Waals surface area contributed by atoms with Gasteiger partial charge < -0.3 is 19.9 Å². The molecule has 1 fully saturated rings. The number of carboxylic acid groups (broad SMARTS) is 1. The molecular formula is C17H23NO5. The molecule has 0 saturated carbocycles. The highest BCUT2D eigenvalue weighted by molar-refractivity contribution is 5.93. The van der Waals surface area contributed by atoms with Crippen molar-refractivity contribution in [2.45, 2.75) is 44.8 Å². The minimum atomic E-state index is -0.820. The van der Waals surface area contributed by atoms with E-state index in [2.05, 4.69) is 5.32 Å². The number of aliphatic carboxylic acids is 1. The molecule has 1 aliphatic heterocycles. The lowest BCUT2D eigenvalue weighted by Gasteiger charge is -2.16. The smallest absolute Gasteiger partial charge is 0.303 e. The Morgan fingerprint density at radius 3 is 2.74 bits per heavy atom. The number of rotatable bonds is 8. The Labute approximate surface area is 135 Å². The Kier molecular flexibility index (Phi) is 6.55. The van der Waals surface area contributed by atoms with Crippen LogP contribution in [0.1, 0.15) is 31.7 Å². The molecule has 1 saturated heterocycles. The van der Waals surface area contributed by atoms with E-state index in [4.69, 9.17) is 14.6 Å². The zero-order valence-electron chi connectivity index (χ0n) is 13.3. The van der Waals surface area contributed by atoms with Crippen LogP contribution in [0.15, 0.2) is 24.3 Å². The minimum absolute atomic E-state index is 0.0961. The zero-order valence-corrected chi connectivity index (χ0v) is 13.3. The number of benzene rings is 1. The Hall–Kier alpha value is -1.92. The third kappa shape index (κ3) is 6.00. The molecule has 1 heterocycles. The summed E-state index contributed by atoms with van der Waals surface area (Å²) in [6.07, 6.45) is 2.14. The van der Waals surface area contributed by atoms with Crippen molar-refractivity contribution in [3.63, 3.8) is 0 Å². The van der Waals surface area contributed by atoms with Gasteiger partial charge in [-0.3, -0.25) is 9.59 Å². The Morgan fingerprint density at radius 2 is 2.13 bits per heavy atom. The maximum absolute atomic E-state index is 12.1. The van der Waals surface area contributed by atoms with E-state index in [0.717, 1.165) is 25.0 Å². The number of nitrogens with one attached hydrogen (secondary N) is 1. The van der Waals surface area contributed by atoms with E-state index in [9.17, 15) is 9.59 Å². The molecular weight excluding hydrogens is 298 g/mol. The van der Waals surface area contributed by atoms with Crippen molar-refractivity contribution in [2.24, 2.45) is 0 Å². The summed E-state index contributed by atoms with van der Waals surface area (Å²) in [5.74, 6) is -1.03. The summed E-state index contributed by atoms with van der Waals surface area (Å²) < 4.78 is 11.0. The number of aryl methyl sites for hydroxylation is 1. The van der Waals surface area contributed by atoms with Gasteiger partial charge in [0, 0.05) is 18.7 Å². The molecule has 126 valence electrons. The average molecular weight is 321 g/mol. The van der Waals surface area contributed by atoms with Gasteiger partial charge in [0.05, 0.1) is 12.7 Å². The minimum Gasteiger partial charge on any atom is -0.481 e. The fourth-order valence-electron chi connectivity index (χ4n) is 2.35. The first-order chi connectivity index (χ1) is 11.0. The second-order valence-electron chi connectivity index (χ2n) is 5.69.